The fourth-order valence-electron chi connectivity index (χ4n) is 1.95. The molecule has 0 aliphatic carbocycles. The molecular formula is C16H27NO. The molecular weight excluding hydrogens is 222 g/mol. The average molecular weight is 249 g/mol. The Morgan fingerprint density at radius 2 is 1.89 bits per heavy atom. The summed E-state index contributed by atoms with van der Waals surface area (Å²) in [6.07, 6.45) is 2.27. The summed E-state index contributed by atoms with van der Waals surface area (Å²) in [5, 5.41) is 3.51. The van der Waals surface area contributed by atoms with Crippen molar-refractivity contribution >= 4 is 0 Å². The number of rotatable bonds is 8. The van der Waals surface area contributed by atoms with E-state index in [4.69, 9.17) is 4.74 Å². The highest BCUT2D eigenvalue weighted by Crippen LogP contribution is 2.25. The molecule has 0 aliphatic heterocycles. The van der Waals surface area contributed by atoms with Crippen LogP contribution in [0, 0.1) is 0 Å². The van der Waals surface area contributed by atoms with E-state index in [2.05, 4.69) is 51.2 Å². The predicted molar refractivity (Wildman–Crippen MR) is 78.4 cm³/mol. The molecule has 102 valence electrons. The molecule has 0 bridgehead atoms. The molecule has 2 nitrogen and oxygen atoms in total. The second-order valence-corrected chi connectivity index (χ2v) is 5.06. The number of hydrogen-bond acceptors (Lipinski definition) is 2. The summed E-state index contributed by atoms with van der Waals surface area (Å²) < 4.78 is 5.99. The zero-order valence-corrected chi connectivity index (χ0v) is 12.2. The average Bonchev–Trinajstić information content (AvgIpc) is 2.39. The monoisotopic (exact) mass is 249 g/mol. The maximum absolute atomic E-state index is 5.99. The molecule has 0 amide bonds. The number of nitrogens with one attached hydrogen (secondary N) is 1. The van der Waals surface area contributed by atoms with Crippen molar-refractivity contribution in [1.82, 2.24) is 5.32 Å². The van der Waals surface area contributed by atoms with Crippen LogP contribution >= 0.6 is 0 Å². The smallest absolute Gasteiger partial charge is 0.122 e. The normalized spacial score (nSPS) is 12.7. The lowest BCUT2D eigenvalue weighted by Gasteiger charge is -2.19. The lowest BCUT2D eigenvalue weighted by molar-refractivity contribution is 0.257. The van der Waals surface area contributed by atoms with Crippen LogP contribution in [0.2, 0.25) is 0 Å². The Hall–Kier alpha value is -1.02. The minimum absolute atomic E-state index is 0.449. The fraction of sp³-hybridized carbons (Fsp3) is 0.625. The molecule has 1 atom stereocenters. The van der Waals surface area contributed by atoms with Gasteiger partial charge in [-0.15, -0.1) is 0 Å². The number of benzene rings is 1. The summed E-state index contributed by atoms with van der Waals surface area (Å²) >= 11 is 0. The molecule has 0 aromatic heterocycles. The Labute approximate surface area is 112 Å². The Morgan fingerprint density at radius 3 is 2.50 bits per heavy atom. The number of ether oxygens (including phenoxy) is 1. The summed E-state index contributed by atoms with van der Waals surface area (Å²) in [6, 6.07) is 8.80. The third-order valence-electron chi connectivity index (χ3n) is 3.16. The molecule has 1 aromatic carbocycles. The van der Waals surface area contributed by atoms with E-state index in [1.807, 2.05) is 6.07 Å². The van der Waals surface area contributed by atoms with Crippen molar-refractivity contribution in [2.75, 3.05) is 13.2 Å². The van der Waals surface area contributed by atoms with Crippen LogP contribution in [0.4, 0.5) is 0 Å². The lowest BCUT2D eigenvalue weighted by Crippen LogP contribution is -2.34. The van der Waals surface area contributed by atoms with E-state index in [0.717, 1.165) is 25.3 Å². The molecule has 1 rings (SSSR count). The summed E-state index contributed by atoms with van der Waals surface area (Å²) in [7, 11) is 0. The van der Waals surface area contributed by atoms with Gasteiger partial charge in [0.05, 0.1) is 0 Å². The van der Waals surface area contributed by atoms with Gasteiger partial charge in [-0.2, -0.15) is 0 Å². The Kier molecular flexibility index (Phi) is 6.81. The largest absolute Gasteiger partial charge is 0.492 e. The molecule has 1 N–H and O–H groups in total. The van der Waals surface area contributed by atoms with Gasteiger partial charge in [0, 0.05) is 6.04 Å². The summed E-state index contributed by atoms with van der Waals surface area (Å²) in [4.78, 5) is 0. The predicted octanol–water partition coefficient (Wildman–Crippen LogP) is 3.97. The van der Waals surface area contributed by atoms with Gasteiger partial charge < -0.3 is 10.1 Å². The Balaban J connectivity index is 2.56. The summed E-state index contributed by atoms with van der Waals surface area (Å²) in [6.45, 7) is 10.6. The molecule has 2 heteroatoms. The third kappa shape index (κ3) is 4.69. The van der Waals surface area contributed by atoms with E-state index in [-0.39, 0.29) is 0 Å². The van der Waals surface area contributed by atoms with E-state index in [1.165, 1.54) is 12.0 Å². The third-order valence-corrected chi connectivity index (χ3v) is 3.16. The van der Waals surface area contributed by atoms with Gasteiger partial charge in [-0.05, 0) is 36.9 Å². The molecule has 18 heavy (non-hydrogen) atoms. The highest BCUT2D eigenvalue weighted by Gasteiger charge is 2.10. The van der Waals surface area contributed by atoms with E-state index >= 15 is 0 Å². The zero-order valence-electron chi connectivity index (χ0n) is 12.2. The van der Waals surface area contributed by atoms with Gasteiger partial charge in [0.15, 0.2) is 0 Å². The highest BCUT2D eigenvalue weighted by atomic mass is 16.5. The first-order valence-corrected chi connectivity index (χ1v) is 7.14. The van der Waals surface area contributed by atoms with Crippen LogP contribution in [0.25, 0.3) is 0 Å². The van der Waals surface area contributed by atoms with E-state index in [9.17, 15) is 0 Å². The van der Waals surface area contributed by atoms with Gasteiger partial charge in [0.25, 0.3) is 0 Å². The number of para-hydroxylation sites is 1. The van der Waals surface area contributed by atoms with Crippen LogP contribution in [-0.2, 0) is 0 Å². The van der Waals surface area contributed by atoms with E-state index < -0.39 is 0 Å². The van der Waals surface area contributed by atoms with Crippen LogP contribution in [0.3, 0.4) is 0 Å². The van der Waals surface area contributed by atoms with E-state index in [0.29, 0.717) is 12.0 Å². The molecule has 0 fully saturated rings. The van der Waals surface area contributed by atoms with Gasteiger partial charge >= 0.3 is 0 Å². The van der Waals surface area contributed by atoms with Crippen molar-refractivity contribution in [3.63, 3.8) is 0 Å². The maximum Gasteiger partial charge on any atom is 0.122 e. The SMILES string of the molecule is CCCNC(CC)COc1ccccc1C(C)C. The molecule has 0 saturated heterocycles. The first kappa shape index (κ1) is 15.0. The van der Waals surface area contributed by atoms with E-state index in [1.54, 1.807) is 0 Å². The Bertz CT molecular complexity index is 336. The molecule has 0 saturated carbocycles. The van der Waals surface area contributed by atoms with Crippen molar-refractivity contribution in [1.29, 1.82) is 0 Å². The standard InChI is InChI=1S/C16H27NO/c1-5-11-17-14(6-2)12-18-16-10-8-7-9-15(16)13(3)4/h7-10,13-14,17H,5-6,11-12H2,1-4H3. The van der Waals surface area contributed by atoms with Crippen molar-refractivity contribution < 1.29 is 4.74 Å². The van der Waals surface area contributed by atoms with Crippen LogP contribution < -0.4 is 10.1 Å². The first-order chi connectivity index (χ1) is 8.69. The molecule has 0 spiro atoms. The van der Waals surface area contributed by atoms with Crippen LogP contribution in [-0.4, -0.2) is 19.2 Å². The van der Waals surface area contributed by atoms with Gasteiger partial charge in [-0.25, -0.2) is 0 Å². The molecule has 0 aliphatic rings. The van der Waals surface area contributed by atoms with Crippen molar-refractivity contribution in [2.24, 2.45) is 0 Å². The lowest BCUT2D eigenvalue weighted by atomic mass is 10.0. The quantitative estimate of drug-likeness (QED) is 0.753. The van der Waals surface area contributed by atoms with Crippen molar-refractivity contribution in [3.8, 4) is 5.75 Å². The second-order valence-electron chi connectivity index (χ2n) is 5.06. The molecule has 1 unspecified atom stereocenters. The van der Waals surface area contributed by atoms with Gasteiger partial charge in [-0.3, -0.25) is 0 Å². The molecule has 1 aromatic rings. The fourth-order valence-corrected chi connectivity index (χ4v) is 1.95. The highest BCUT2D eigenvalue weighted by molar-refractivity contribution is 5.35. The topological polar surface area (TPSA) is 21.3 Å². The van der Waals surface area contributed by atoms with Crippen molar-refractivity contribution in [3.05, 3.63) is 29.8 Å². The van der Waals surface area contributed by atoms with Gasteiger partial charge in [0.1, 0.15) is 12.4 Å². The van der Waals surface area contributed by atoms with Gasteiger partial charge in [0.2, 0.25) is 0 Å². The van der Waals surface area contributed by atoms with Gasteiger partial charge in [-0.1, -0.05) is 45.9 Å². The molecule has 0 radical (unpaired) electrons. The zero-order chi connectivity index (χ0) is 13.4. The summed E-state index contributed by atoms with van der Waals surface area (Å²) in [5.74, 6) is 1.54. The first-order valence-electron chi connectivity index (χ1n) is 7.14. The maximum atomic E-state index is 5.99. The summed E-state index contributed by atoms with van der Waals surface area (Å²) in [5.41, 5.74) is 1.29. The van der Waals surface area contributed by atoms with Crippen LogP contribution in [0.1, 0.15) is 52.0 Å². The van der Waals surface area contributed by atoms with Crippen LogP contribution in [0.15, 0.2) is 24.3 Å². The Morgan fingerprint density at radius 1 is 1.17 bits per heavy atom. The minimum Gasteiger partial charge on any atom is -0.492 e. The number of hydrogen-bond donors (Lipinski definition) is 1. The van der Waals surface area contributed by atoms with Crippen molar-refractivity contribution in [2.45, 2.75) is 52.5 Å². The van der Waals surface area contributed by atoms with Crippen LogP contribution in [0.5, 0.6) is 5.75 Å². The molecule has 0 heterocycles. The second kappa shape index (κ2) is 8.15. The minimum atomic E-state index is 0.449.